The van der Waals surface area contributed by atoms with Crippen molar-refractivity contribution in [2.45, 2.75) is 19.4 Å². The summed E-state index contributed by atoms with van der Waals surface area (Å²) in [4.78, 5) is 20.9. The van der Waals surface area contributed by atoms with E-state index in [1.54, 1.807) is 12.3 Å². The van der Waals surface area contributed by atoms with E-state index in [4.69, 9.17) is 5.84 Å². The summed E-state index contributed by atoms with van der Waals surface area (Å²) in [6.45, 7) is 4.49. The summed E-state index contributed by atoms with van der Waals surface area (Å²) in [6.07, 6.45) is 2.64. The Morgan fingerprint density at radius 1 is 1.60 bits per heavy atom. The molecule has 0 radical (unpaired) electrons. The van der Waals surface area contributed by atoms with Gasteiger partial charge in [-0.15, -0.1) is 0 Å². The molecule has 0 saturated carbocycles. The van der Waals surface area contributed by atoms with Gasteiger partial charge in [-0.2, -0.15) is 0 Å². The molecule has 1 aromatic rings. The number of hydrazine groups is 1. The first-order valence-corrected chi connectivity index (χ1v) is 7.47. The predicted octanol–water partition coefficient (Wildman–Crippen LogP) is 1.30. The molecule has 1 aromatic heterocycles. The zero-order valence-corrected chi connectivity index (χ0v) is 13.4. The standard InChI is InChI=1S/C13H20BrN5O/c1-3-10-8-19(5-4-18(10)2)13(20)11-6-9(14)7-16-12(11)17-15/h6-7,10H,3-5,8,15H2,1-2H3,(H,16,17). The molecule has 1 saturated heterocycles. The van der Waals surface area contributed by atoms with Crippen LogP contribution in [0.2, 0.25) is 0 Å². The number of rotatable bonds is 3. The Kier molecular flexibility index (Phi) is 4.95. The van der Waals surface area contributed by atoms with Crippen LogP contribution in [-0.4, -0.2) is 53.4 Å². The maximum Gasteiger partial charge on any atom is 0.257 e. The molecule has 1 atom stereocenters. The lowest BCUT2D eigenvalue weighted by molar-refractivity contribution is 0.0542. The summed E-state index contributed by atoms with van der Waals surface area (Å²) in [6, 6.07) is 2.16. The number of aromatic nitrogens is 1. The van der Waals surface area contributed by atoms with Crippen LogP contribution in [0.3, 0.4) is 0 Å². The molecule has 2 rings (SSSR count). The molecule has 1 aliphatic heterocycles. The van der Waals surface area contributed by atoms with Crippen molar-refractivity contribution in [1.82, 2.24) is 14.8 Å². The van der Waals surface area contributed by atoms with E-state index in [2.05, 4.69) is 45.2 Å². The van der Waals surface area contributed by atoms with Gasteiger partial charge < -0.3 is 10.3 Å². The molecule has 7 heteroatoms. The van der Waals surface area contributed by atoms with Crippen LogP contribution >= 0.6 is 15.9 Å². The van der Waals surface area contributed by atoms with Crippen molar-refractivity contribution < 1.29 is 4.79 Å². The first-order valence-electron chi connectivity index (χ1n) is 6.68. The van der Waals surface area contributed by atoms with Gasteiger partial charge in [0.25, 0.3) is 5.91 Å². The second kappa shape index (κ2) is 6.51. The van der Waals surface area contributed by atoms with Crippen molar-refractivity contribution in [3.8, 4) is 0 Å². The second-order valence-corrected chi connectivity index (χ2v) is 5.90. The summed E-state index contributed by atoms with van der Waals surface area (Å²) in [5, 5.41) is 0. The fraction of sp³-hybridized carbons (Fsp3) is 0.538. The van der Waals surface area contributed by atoms with Gasteiger partial charge in [-0.1, -0.05) is 6.92 Å². The zero-order chi connectivity index (χ0) is 14.7. The topological polar surface area (TPSA) is 74.5 Å². The molecular formula is C13H20BrN5O. The van der Waals surface area contributed by atoms with Gasteiger partial charge >= 0.3 is 0 Å². The van der Waals surface area contributed by atoms with E-state index >= 15 is 0 Å². The third-order valence-electron chi connectivity index (χ3n) is 3.76. The molecule has 0 aromatic carbocycles. The fourth-order valence-corrected chi connectivity index (χ4v) is 2.79. The molecule has 1 aliphatic rings. The molecule has 0 spiro atoms. The summed E-state index contributed by atoms with van der Waals surface area (Å²) in [5.74, 6) is 5.82. The summed E-state index contributed by atoms with van der Waals surface area (Å²) >= 11 is 3.34. The van der Waals surface area contributed by atoms with Crippen LogP contribution < -0.4 is 11.3 Å². The van der Waals surface area contributed by atoms with Gasteiger partial charge in [0.05, 0.1) is 5.56 Å². The minimum Gasteiger partial charge on any atom is -0.336 e. The molecule has 1 amide bonds. The summed E-state index contributed by atoms with van der Waals surface area (Å²) in [7, 11) is 2.10. The van der Waals surface area contributed by atoms with Gasteiger partial charge in [-0.25, -0.2) is 10.8 Å². The third kappa shape index (κ3) is 3.11. The van der Waals surface area contributed by atoms with E-state index in [-0.39, 0.29) is 5.91 Å². The molecule has 3 N–H and O–H groups in total. The maximum atomic E-state index is 12.7. The first-order chi connectivity index (χ1) is 9.56. The Hall–Kier alpha value is -1.18. The Labute approximate surface area is 127 Å². The Morgan fingerprint density at radius 3 is 3.00 bits per heavy atom. The highest BCUT2D eigenvalue weighted by Gasteiger charge is 2.28. The van der Waals surface area contributed by atoms with Gasteiger partial charge in [0.1, 0.15) is 0 Å². The molecule has 20 heavy (non-hydrogen) atoms. The quantitative estimate of drug-likeness (QED) is 0.640. The smallest absolute Gasteiger partial charge is 0.257 e. The number of pyridine rings is 1. The number of nitrogens with one attached hydrogen (secondary N) is 1. The molecular weight excluding hydrogens is 322 g/mol. The molecule has 0 aliphatic carbocycles. The van der Waals surface area contributed by atoms with E-state index in [1.165, 1.54) is 0 Å². The number of nitrogens with zero attached hydrogens (tertiary/aromatic N) is 3. The van der Waals surface area contributed by atoms with Crippen LogP contribution in [-0.2, 0) is 0 Å². The summed E-state index contributed by atoms with van der Waals surface area (Å²) < 4.78 is 0.765. The monoisotopic (exact) mass is 341 g/mol. The minimum absolute atomic E-state index is 0.0294. The number of halogens is 1. The van der Waals surface area contributed by atoms with Crippen molar-refractivity contribution in [3.05, 3.63) is 22.3 Å². The number of hydrogen-bond acceptors (Lipinski definition) is 5. The SMILES string of the molecule is CCC1CN(C(=O)c2cc(Br)cnc2NN)CCN1C. The molecule has 2 heterocycles. The molecule has 1 fully saturated rings. The van der Waals surface area contributed by atoms with Crippen LogP contribution in [0, 0.1) is 0 Å². The Morgan fingerprint density at radius 2 is 2.35 bits per heavy atom. The first kappa shape index (κ1) is 15.2. The van der Waals surface area contributed by atoms with Crippen LogP contribution in [0.5, 0.6) is 0 Å². The van der Waals surface area contributed by atoms with Gasteiger partial charge in [-0.3, -0.25) is 9.69 Å². The molecule has 6 nitrogen and oxygen atoms in total. The fourth-order valence-electron chi connectivity index (χ4n) is 2.46. The maximum absolute atomic E-state index is 12.7. The van der Waals surface area contributed by atoms with E-state index in [0.29, 0.717) is 17.4 Å². The minimum atomic E-state index is -0.0294. The van der Waals surface area contributed by atoms with Crippen LogP contribution in [0.1, 0.15) is 23.7 Å². The highest BCUT2D eigenvalue weighted by atomic mass is 79.9. The number of nitrogen functional groups attached to an aromatic ring is 1. The van der Waals surface area contributed by atoms with Crippen molar-refractivity contribution in [1.29, 1.82) is 0 Å². The van der Waals surface area contributed by atoms with E-state index in [0.717, 1.165) is 30.5 Å². The van der Waals surface area contributed by atoms with Crippen molar-refractivity contribution in [3.63, 3.8) is 0 Å². The lowest BCUT2D eigenvalue weighted by atomic mass is 10.1. The number of nitrogens with two attached hydrogens (primary N) is 1. The number of carbonyl (C=O) groups is 1. The Bertz CT molecular complexity index is 496. The van der Waals surface area contributed by atoms with Gasteiger partial charge in [-0.05, 0) is 35.5 Å². The van der Waals surface area contributed by atoms with Gasteiger partial charge in [0.15, 0.2) is 5.82 Å². The van der Waals surface area contributed by atoms with Crippen molar-refractivity contribution in [2.75, 3.05) is 32.1 Å². The van der Waals surface area contributed by atoms with E-state index < -0.39 is 0 Å². The second-order valence-electron chi connectivity index (χ2n) is 4.99. The van der Waals surface area contributed by atoms with Crippen molar-refractivity contribution in [2.24, 2.45) is 5.84 Å². The Balaban J connectivity index is 2.21. The molecule has 0 bridgehead atoms. The lowest BCUT2D eigenvalue weighted by Gasteiger charge is -2.39. The third-order valence-corrected chi connectivity index (χ3v) is 4.19. The number of piperazine rings is 1. The highest BCUT2D eigenvalue weighted by Crippen LogP contribution is 2.21. The lowest BCUT2D eigenvalue weighted by Crippen LogP contribution is -2.53. The molecule has 1 unspecified atom stereocenters. The van der Waals surface area contributed by atoms with Gasteiger partial charge in [0, 0.05) is 36.3 Å². The summed E-state index contributed by atoms with van der Waals surface area (Å²) in [5.41, 5.74) is 2.99. The number of anilines is 1. The highest BCUT2D eigenvalue weighted by molar-refractivity contribution is 9.10. The van der Waals surface area contributed by atoms with Crippen molar-refractivity contribution >= 4 is 27.7 Å². The number of likely N-dealkylation sites (N-methyl/N-ethyl adjacent to an activating group) is 1. The zero-order valence-electron chi connectivity index (χ0n) is 11.8. The number of hydrogen-bond donors (Lipinski definition) is 2. The predicted molar refractivity (Wildman–Crippen MR) is 82.4 cm³/mol. The van der Waals surface area contributed by atoms with Crippen LogP contribution in [0.25, 0.3) is 0 Å². The number of carbonyl (C=O) groups excluding carboxylic acids is 1. The average molecular weight is 342 g/mol. The largest absolute Gasteiger partial charge is 0.336 e. The normalized spacial score (nSPS) is 20.0. The van der Waals surface area contributed by atoms with Crippen LogP contribution in [0.4, 0.5) is 5.82 Å². The number of amides is 1. The molecule has 110 valence electrons. The van der Waals surface area contributed by atoms with E-state index in [9.17, 15) is 4.79 Å². The van der Waals surface area contributed by atoms with E-state index in [1.807, 2.05) is 4.90 Å². The average Bonchev–Trinajstić information content (AvgIpc) is 2.47. The van der Waals surface area contributed by atoms with Crippen LogP contribution in [0.15, 0.2) is 16.7 Å². The van der Waals surface area contributed by atoms with Gasteiger partial charge in [0.2, 0.25) is 0 Å².